The van der Waals surface area contributed by atoms with E-state index in [9.17, 15) is 22.8 Å². The molecular formula is C11H9F3O2. The summed E-state index contributed by atoms with van der Waals surface area (Å²) >= 11 is 0. The maximum Gasteiger partial charge on any atom is 0.454 e. The fourth-order valence-electron chi connectivity index (χ4n) is 1.32. The van der Waals surface area contributed by atoms with Crippen molar-refractivity contribution in [2.24, 2.45) is 0 Å². The molecule has 0 saturated heterocycles. The monoisotopic (exact) mass is 230 g/mol. The number of ketones is 2. The lowest BCUT2D eigenvalue weighted by molar-refractivity contribution is -0.116. The first-order valence-corrected chi connectivity index (χ1v) is 4.51. The van der Waals surface area contributed by atoms with Gasteiger partial charge in [0.25, 0.3) is 5.78 Å². The molecule has 0 aliphatic rings. The number of benzene rings is 1. The second kappa shape index (κ2) is 4.47. The van der Waals surface area contributed by atoms with E-state index in [0.29, 0.717) is 0 Å². The molecule has 1 aromatic rings. The van der Waals surface area contributed by atoms with Gasteiger partial charge in [-0.25, -0.2) is 0 Å². The lowest BCUT2D eigenvalue weighted by Gasteiger charge is -2.09. The number of carbonyl (C=O) groups excluding carboxylic acids is 2. The molecule has 0 aliphatic heterocycles. The van der Waals surface area contributed by atoms with Crippen molar-refractivity contribution in [3.8, 4) is 0 Å². The van der Waals surface area contributed by atoms with E-state index in [2.05, 4.69) is 0 Å². The van der Waals surface area contributed by atoms with E-state index in [4.69, 9.17) is 0 Å². The van der Waals surface area contributed by atoms with Crippen molar-refractivity contribution in [3.05, 3.63) is 35.4 Å². The Morgan fingerprint density at radius 3 is 2.25 bits per heavy atom. The Hall–Kier alpha value is -1.65. The van der Waals surface area contributed by atoms with Crippen LogP contribution in [0, 0.1) is 0 Å². The number of rotatable bonds is 3. The summed E-state index contributed by atoms with van der Waals surface area (Å²) in [5, 5.41) is 0. The van der Waals surface area contributed by atoms with Gasteiger partial charge in [-0.2, -0.15) is 13.2 Å². The third-order valence-corrected chi connectivity index (χ3v) is 1.96. The zero-order valence-corrected chi connectivity index (χ0v) is 8.47. The van der Waals surface area contributed by atoms with Gasteiger partial charge in [-0.15, -0.1) is 0 Å². The normalized spacial score (nSPS) is 11.2. The molecule has 0 bridgehead atoms. The summed E-state index contributed by atoms with van der Waals surface area (Å²) < 4.78 is 36.7. The Labute approximate surface area is 90.1 Å². The highest BCUT2D eigenvalue weighted by Gasteiger charge is 2.40. The van der Waals surface area contributed by atoms with Gasteiger partial charge in [0.15, 0.2) is 0 Å². The molecule has 0 radical (unpaired) electrons. The molecular weight excluding hydrogens is 221 g/mol. The molecule has 0 fully saturated rings. The molecule has 0 N–H and O–H groups in total. The molecule has 0 atom stereocenters. The third-order valence-electron chi connectivity index (χ3n) is 1.96. The van der Waals surface area contributed by atoms with Crippen molar-refractivity contribution < 1.29 is 22.8 Å². The fraction of sp³-hybridized carbons (Fsp3) is 0.273. The van der Waals surface area contributed by atoms with Gasteiger partial charge in [0.2, 0.25) is 0 Å². The summed E-state index contributed by atoms with van der Waals surface area (Å²) in [5.41, 5.74) is -0.345. The minimum atomic E-state index is -4.91. The zero-order chi connectivity index (χ0) is 12.3. The smallest absolute Gasteiger partial charge is 0.300 e. The van der Waals surface area contributed by atoms with Gasteiger partial charge in [0.05, 0.1) is 0 Å². The van der Waals surface area contributed by atoms with Crippen molar-refractivity contribution in [1.82, 2.24) is 0 Å². The Morgan fingerprint density at radius 1 is 1.19 bits per heavy atom. The number of hydrogen-bond donors (Lipinski definition) is 0. The SMILES string of the molecule is CC(=O)Cc1ccccc1C(=O)C(F)(F)F. The van der Waals surface area contributed by atoms with E-state index in [1.54, 1.807) is 0 Å². The quantitative estimate of drug-likeness (QED) is 0.748. The molecule has 0 spiro atoms. The summed E-state index contributed by atoms with van der Waals surface area (Å²) in [4.78, 5) is 21.9. The van der Waals surface area contributed by atoms with Crippen molar-refractivity contribution in [2.45, 2.75) is 19.5 Å². The summed E-state index contributed by atoms with van der Waals surface area (Å²) in [6.45, 7) is 1.26. The molecule has 86 valence electrons. The largest absolute Gasteiger partial charge is 0.454 e. The molecule has 16 heavy (non-hydrogen) atoms. The first-order chi connectivity index (χ1) is 7.32. The van der Waals surface area contributed by atoms with Crippen molar-refractivity contribution in [1.29, 1.82) is 0 Å². The average Bonchev–Trinajstić information content (AvgIpc) is 2.15. The molecule has 0 aromatic heterocycles. The summed E-state index contributed by atoms with van der Waals surface area (Å²) in [6, 6.07) is 5.25. The van der Waals surface area contributed by atoms with Crippen LogP contribution in [0.3, 0.4) is 0 Å². The van der Waals surface area contributed by atoms with E-state index in [1.165, 1.54) is 25.1 Å². The van der Waals surface area contributed by atoms with Crippen LogP contribution in [0.5, 0.6) is 0 Å². The van der Waals surface area contributed by atoms with E-state index in [1.807, 2.05) is 0 Å². The molecule has 0 heterocycles. The van der Waals surface area contributed by atoms with Gasteiger partial charge in [-0.3, -0.25) is 9.59 Å². The van der Waals surface area contributed by atoms with Crippen LogP contribution in [0.25, 0.3) is 0 Å². The highest BCUT2D eigenvalue weighted by atomic mass is 19.4. The molecule has 2 nitrogen and oxygen atoms in total. The second-order valence-corrected chi connectivity index (χ2v) is 3.36. The first kappa shape index (κ1) is 12.4. The van der Waals surface area contributed by atoms with Crippen LogP contribution < -0.4 is 0 Å². The highest BCUT2D eigenvalue weighted by molar-refractivity contribution is 6.02. The van der Waals surface area contributed by atoms with Crippen LogP contribution in [0.1, 0.15) is 22.8 Å². The summed E-state index contributed by atoms with van der Waals surface area (Å²) in [7, 11) is 0. The van der Waals surface area contributed by atoms with E-state index >= 15 is 0 Å². The van der Waals surface area contributed by atoms with Crippen LogP contribution in [0.15, 0.2) is 24.3 Å². The fourth-order valence-corrected chi connectivity index (χ4v) is 1.32. The van der Waals surface area contributed by atoms with E-state index in [0.717, 1.165) is 6.07 Å². The minimum Gasteiger partial charge on any atom is -0.300 e. The average molecular weight is 230 g/mol. The lowest BCUT2D eigenvalue weighted by Crippen LogP contribution is -2.24. The Morgan fingerprint density at radius 2 is 1.75 bits per heavy atom. The van der Waals surface area contributed by atoms with Gasteiger partial charge >= 0.3 is 6.18 Å². The Kier molecular flexibility index (Phi) is 3.47. The molecule has 5 heteroatoms. The Balaban J connectivity index is 3.13. The lowest BCUT2D eigenvalue weighted by atomic mass is 9.99. The number of Topliss-reactive ketones (excluding diaryl/α,β-unsaturated/α-hetero) is 2. The summed E-state index contributed by atoms with van der Waals surface area (Å²) in [6.07, 6.45) is -5.08. The van der Waals surface area contributed by atoms with Crippen LogP contribution >= 0.6 is 0 Å². The second-order valence-electron chi connectivity index (χ2n) is 3.36. The predicted molar refractivity (Wildman–Crippen MR) is 51.2 cm³/mol. The van der Waals surface area contributed by atoms with Crippen LogP contribution in [0.2, 0.25) is 0 Å². The minimum absolute atomic E-state index is 0.109. The van der Waals surface area contributed by atoms with Crippen molar-refractivity contribution >= 4 is 11.6 Å². The molecule has 0 unspecified atom stereocenters. The number of carbonyl (C=O) groups is 2. The van der Waals surface area contributed by atoms with E-state index in [-0.39, 0.29) is 17.8 Å². The van der Waals surface area contributed by atoms with Gasteiger partial charge in [0.1, 0.15) is 5.78 Å². The molecule has 0 amide bonds. The highest BCUT2D eigenvalue weighted by Crippen LogP contribution is 2.23. The van der Waals surface area contributed by atoms with Gasteiger partial charge in [-0.1, -0.05) is 24.3 Å². The van der Waals surface area contributed by atoms with Crippen molar-refractivity contribution in [2.75, 3.05) is 0 Å². The number of halogens is 3. The maximum atomic E-state index is 12.2. The van der Waals surface area contributed by atoms with Gasteiger partial charge in [-0.05, 0) is 12.5 Å². The van der Waals surface area contributed by atoms with Crippen LogP contribution in [-0.4, -0.2) is 17.7 Å². The topological polar surface area (TPSA) is 34.1 Å². The maximum absolute atomic E-state index is 12.2. The van der Waals surface area contributed by atoms with Crippen LogP contribution in [-0.2, 0) is 11.2 Å². The zero-order valence-electron chi connectivity index (χ0n) is 8.47. The predicted octanol–water partition coefficient (Wildman–Crippen LogP) is 2.56. The van der Waals surface area contributed by atoms with Crippen LogP contribution in [0.4, 0.5) is 13.2 Å². The van der Waals surface area contributed by atoms with Gasteiger partial charge in [0, 0.05) is 12.0 Å². The standard InChI is InChI=1S/C11H9F3O2/c1-7(15)6-8-4-2-3-5-9(8)10(16)11(12,13)14/h2-5H,6H2,1H3. The van der Waals surface area contributed by atoms with Crippen molar-refractivity contribution in [3.63, 3.8) is 0 Å². The molecule has 0 saturated carbocycles. The number of alkyl halides is 3. The summed E-state index contributed by atoms with van der Waals surface area (Å²) in [5.74, 6) is -2.20. The molecule has 0 aliphatic carbocycles. The molecule has 1 aromatic carbocycles. The first-order valence-electron chi connectivity index (χ1n) is 4.51. The van der Waals surface area contributed by atoms with E-state index < -0.39 is 17.5 Å². The Bertz CT molecular complexity index is 421. The third kappa shape index (κ3) is 2.92. The molecule has 1 rings (SSSR count). The number of hydrogen-bond acceptors (Lipinski definition) is 2. The van der Waals surface area contributed by atoms with Gasteiger partial charge < -0.3 is 0 Å².